The molecule has 5 heteroatoms. The number of amides is 1. The van der Waals surface area contributed by atoms with Crippen molar-refractivity contribution in [3.63, 3.8) is 0 Å². The molecule has 1 fully saturated rings. The average Bonchev–Trinajstić information content (AvgIpc) is 3.33. The number of aromatic nitrogens is 1. The molecule has 2 heterocycles. The number of nitrogens with one attached hydrogen (secondary N) is 1. The monoisotopic (exact) mass is 439 g/mol. The lowest BCUT2D eigenvalue weighted by Gasteiger charge is -2.15. The smallest absolute Gasteiger partial charge is 0.255 e. The SMILES string of the molecule is Cc1cc2cc(CN3CCCC3)cnc2cc1NC(=O)c1ccc(-c2ccccc2F)cc1. The maximum Gasteiger partial charge on any atom is 0.255 e. The molecule has 1 aromatic heterocycles. The maximum atomic E-state index is 14.0. The van der Waals surface area contributed by atoms with E-state index < -0.39 is 0 Å². The van der Waals surface area contributed by atoms with Crippen molar-refractivity contribution in [2.75, 3.05) is 18.4 Å². The second-order valence-corrected chi connectivity index (χ2v) is 8.70. The highest BCUT2D eigenvalue weighted by molar-refractivity contribution is 6.05. The first-order chi connectivity index (χ1) is 16.1. The summed E-state index contributed by atoms with van der Waals surface area (Å²) in [5.41, 5.74) is 5.57. The quantitative estimate of drug-likeness (QED) is 0.403. The van der Waals surface area contributed by atoms with Gasteiger partial charge < -0.3 is 5.32 Å². The van der Waals surface area contributed by atoms with Crippen molar-refractivity contribution in [1.82, 2.24) is 9.88 Å². The highest BCUT2D eigenvalue weighted by Crippen LogP contribution is 2.26. The summed E-state index contributed by atoms with van der Waals surface area (Å²) in [5.74, 6) is -0.485. The molecule has 0 spiro atoms. The van der Waals surface area contributed by atoms with E-state index in [4.69, 9.17) is 0 Å². The van der Waals surface area contributed by atoms with Gasteiger partial charge >= 0.3 is 0 Å². The van der Waals surface area contributed by atoms with Gasteiger partial charge in [0, 0.05) is 34.9 Å². The molecule has 0 atom stereocenters. The normalized spacial score (nSPS) is 14.0. The molecule has 5 rings (SSSR count). The minimum atomic E-state index is -0.280. The van der Waals surface area contributed by atoms with Gasteiger partial charge in [0.05, 0.1) is 5.52 Å². The summed E-state index contributed by atoms with van der Waals surface area (Å²) in [4.78, 5) is 20.0. The van der Waals surface area contributed by atoms with Crippen LogP contribution in [0.1, 0.15) is 34.3 Å². The Kier molecular flexibility index (Phi) is 5.88. The summed E-state index contributed by atoms with van der Waals surface area (Å²) >= 11 is 0. The van der Waals surface area contributed by atoms with E-state index in [0.29, 0.717) is 11.1 Å². The topological polar surface area (TPSA) is 45.2 Å². The lowest BCUT2D eigenvalue weighted by Crippen LogP contribution is -2.18. The van der Waals surface area contributed by atoms with Crippen LogP contribution in [-0.4, -0.2) is 28.9 Å². The molecule has 3 aromatic carbocycles. The third-order valence-electron chi connectivity index (χ3n) is 6.27. The van der Waals surface area contributed by atoms with E-state index in [2.05, 4.69) is 27.3 Å². The van der Waals surface area contributed by atoms with Gasteiger partial charge in [0.2, 0.25) is 0 Å². The molecule has 1 amide bonds. The van der Waals surface area contributed by atoms with Crippen LogP contribution in [0.4, 0.5) is 10.1 Å². The molecule has 166 valence electrons. The Morgan fingerprint density at radius 2 is 1.79 bits per heavy atom. The van der Waals surface area contributed by atoms with Crippen molar-refractivity contribution < 1.29 is 9.18 Å². The van der Waals surface area contributed by atoms with Crippen LogP contribution in [0.2, 0.25) is 0 Å². The number of anilines is 1. The summed E-state index contributed by atoms with van der Waals surface area (Å²) in [6.45, 7) is 5.24. The van der Waals surface area contributed by atoms with Crippen molar-refractivity contribution in [3.05, 3.63) is 95.4 Å². The number of rotatable bonds is 5. The lowest BCUT2D eigenvalue weighted by molar-refractivity contribution is 0.102. The number of carbonyl (C=O) groups is 1. The third kappa shape index (κ3) is 4.64. The first-order valence-electron chi connectivity index (χ1n) is 11.3. The first-order valence-corrected chi connectivity index (χ1v) is 11.3. The number of carbonyl (C=O) groups excluding carboxylic acids is 1. The lowest BCUT2D eigenvalue weighted by atomic mass is 10.0. The number of likely N-dealkylation sites (tertiary alicyclic amines) is 1. The van der Waals surface area contributed by atoms with E-state index in [0.717, 1.165) is 47.4 Å². The van der Waals surface area contributed by atoms with E-state index in [1.54, 1.807) is 42.5 Å². The Bertz CT molecular complexity index is 1310. The minimum absolute atomic E-state index is 0.205. The van der Waals surface area contributed by atoms with Crippen LogP contribution in [-0.2, 0) is 6.54 Å². The molecule has 4 nitrogen and oxygen atoms in total. The van der Waals surface area contributed by atoms with Crippen LogP contribution in [0.25, 0.3) is 22.0 Å². The van der Waals surface area contributed by atoms with Crippen LogP contribution >= 0.6 is 0 Å². The largest absolute Gasteiger partial charge is 0.322 e. The van der Waals surface area contributed by atoms with Crippen molar-refractivity contribution in [2.45, 2.75) is 26.3 Å². The van der Waals surface area contributed by atoms with Gasteiger partial charge in [-0.3, -0.25) is 14.7 Å². The Hall–Kier alpha value is -3.57. The molecular weight excluding hydrogens is 413 g/mol. The molecule has 1 saturated heterocycles. The third-order valence-corrected chi connectivity index (χ3v) is 6.27. The second kappa shape index (κ2) is 9.12. The number of nitrogens with zero attached hydrogens (tertiary/aromatic N) is 2. The fourth-order valence-electron chi connectivity index (χ4n) is 4.45. The van der Waals surface area contributed by atoms with E-state index >= 15 is 0 Å². The number of benzene rings is 3. The Labute approximate surface area is 193 Å². The molecule has 0 unspecified atom stereocenters. The van der Waals surface area contributed by atoms with Gasteiger partial charge in [-0.15, -0.1) is 0 Å². The highest BCUT2D eigenvalue weighted by atomic mass is 19.1. The van der Waals surface area contributed by atoms with Crippen molar-refractivity contribution in [3.8, 4) is 11.1 Å². The number of aryl methyl sites for hydroxylation is 1. The van der Waals surface area contributed by atoms with Gasteiger partial charge in [-0.1, -0.05) is 30.3 Å². The van der Waals surface area contributed by atoms with E-state index in [-0.39, 0.29) is 11.7 Å². The minimum Gasteiger partial charge on any atom is -0.322 e. The molecular formula is C28H26FN3O. The van der Waals surface area contributed by atoms with Gasteiger partial charge in [0.1, 0.15) is 5.82 Å². The summed E-state index contributed by atoms with van der Waals surface area (Å²) < 4.78 is 14.0. The van der Waals surface area contributed by atoms with Crippen LogP contribution in [0, 0.1) is 12.7 Å². The molecule has 0 radical (unpaired) electrons. The van der Waals surface area contributed by atoms with Crippen LogP contribution in [0.3, 0.4) is 0 Å². The van der Waals surface area contributed by atoms with Gasteiger partial charge in [-0.05, 0) is 85.9 Å². The summed E-state index contributed by atoms with van der Waals surface area (Å²) in [6, 6.07) is 19.8. The molecule has 1 N–H and O–H groups in total. The second-order valence-electron chi connectivity index (χ2n) is 8.70. The van der Waals surface area contributed by atoms with E-state index in [1.165, 1.54) is 24.5 Å². The average molecular weight is 440 g/mol. The fraction of sp³-hybridized carbons (Fsp3) is 0.214. The maximum absolute atomic E-state index is 14.0. The standard InChI is InChI=1S/C28H26FN3O/c1-19-14-23-15-20(18-32-12-4-5-13-32)17-30-27(23)16-26(19)31-28(33)22-10-8-21(9-11-22)24-6-2-3-7-25(24)29/h2-3,6-11,14-17H,4-5,12-13,18H2,1H3,(H,31,33). The zero-order chi connectivity index (χ0) is 22.8. The predicted octanol–water partition coefficient (Wildman–Crippen LogP) is 6.20. The molecule has 1 aliphatic heterocycles. The molecule has 33 heavy (non-hydrogen) atoms. The predicted molar refractivity (Wildman–Crippen MR) is 131 cm³/mol. The summed E-state index contributed by atoms with van der Waals surface area (Å²) in [5, 5.41) is 4.08. The molecule has 0 aliphatic carbocycles. The summed E-state index contributed by atoms with van der Waals surface area (Å²) in [6.07, 6.45) is 4.48. The summed E-state index contributed by atoms with van der Waals surface area (Å²) in [7, 11) is 0. The van der Waals surface area contributed by atoms with Gasteiger partial charge in [0.25, 0.3) is 5.91 Å². The number of pyridine rings is 1. The zero-order valence-corrected chi connectivity index (χ0v) is 18.6. The number of hydrogen-bond donors (Lipinski definition) is 1. The highest BCUT2D eigenvalue weighted by Gasteiger charge is 2.14. The van der Waals surface area contributed by atoms with Crippen molar-refractivity contribution in [1.29, 1.82) is 0 Å². The van der Waals surface area contributed by atoms with Crippen LogP contribution in [0.5, 0.6) is 0 Å². The van der Waals surface area contributed by atoms with E-state index in [9.17, 15) is 9.18 Å². The van der Waals surface area contributed by atoms with Crippen LogP contribution < -0.4 is 5.32 Å². The Morgan fingerprint density at radius 3 is 2.55 bits per heavy atom. The van der Waals surface area contributed by atoms with Crippen LogP contribution in [0.15, 0.2) is 72.9 Å². The van der Waals surface area contributed by atoms with Gasteiger partial charge in [-0.2, -0.15) is 0 Å². The molecule has 4 aromatic rings. The molecule has 0 saturated carbocycles. The fourth-order valence-corrected chi connectivity index (χ4v) is 4.45. The number of fused-ring (bicyclic) bond motifs is 1. The molecule has 1 aliphatic rings. The first kappa shape index (κ1) is 21.3. The zero-order valence-electron chi connectivity index (χ0n) is 18.6. The van der Waals surface area contributed by atoms with E-state index in [1.807, 2.05) is 19.2 Å². The number of halogens is 1. The van der Waals surface area contributed by atoms with Gasteiger partial charge in [-0.25, -0.2) is 4.39 Å². The number of hydrogen-bond acceptors (Lipinski definition) is 3. The van der Waals surface area contributed by atoms with Crippen molar-refractivity contribution >= 4 is 22.5 Å². The Balaban J connectivity index is 1.33. The Morgan fingerprint density at radius 1 is 1.03 bits per heavy atom. The van der Waals surface area contributed by atoms with Gasteiger partial charge in [0.15, 0.2) is 0 Å². The van der Waals surface area contributed by atoms with Crippen molar-refractivity contribution in [2.24, 2.45) is 0 Å². The molecule has 0 bridgehead atoms.